The molecular weight excluding hydrogens is 474 g/mol. The van der Waals surface area contributed by atoms with Crippen LogP contribution >= 0.6 is 23.1 Å². The molecule has 0 bridgehead atoms. The number of anilines is 1. The molecule has 0 aliphatic heterocycles. The van der Waals surface area contributed by atoms with Crippen molar-refractivity contribution in [3.63, 3.8) is 0 Å². The zero-order valence-corrected chi connectivity index (χ0v) is 22.2. The highest BCUT2D eigenvalue weighted by Gasteiger charge is 2.23. The van der Waals surface area contributed by atoms with Crippen molar-refractivity contribution in [3.8, 4) is 5.69 Å². The number of nitrogens with zero attached hydrogens (tertiary/aromatic N) is 2. The molecule has 180 valence electrons. The lowest BCUT2D eigenvalue weighted by Gasteiger charge is -2.15. The molecule has 1 N–H and O–H groups in total. The van der Waals surface area contributed by atoms with Gasteiger partial charge in [0.05, 0.1) is 16.8 Å². The maximum Gasteiger partial charge on any atom is 0.267 e. The first kappa shape index (κ1) is 23.8. The third kappa shape index (κ3) is 4.93. The van der Waals surface area contributed by atoms with Crippen molar-refractivity contribution in [2.45, 2.75) is 58.5 Å². The number of hydrogen-bond acceptors (Lipinski definition) is 5. The molecule has 2 aromatic heterocycles. The van der Waals surface area contributed by atoms with Crippen molar-refractivity contribution in [3.05, 3.63) is 79.4 Å². The van der Waals surface area contributed by atoms with Gasteiger partial charge in [-0.15, -0.1) is 11.3 Å². The molecule has 0 saturated carbocycles. The summed E-state index contributed by atoms with van der Waals surface area (Å²) in [5.41, 5.74) is 7.11. The number of aromatic nitrogens is 2. The Morgan fingerprint density at radius 3 is 2.29 bits per heavy atom. The predicted molar refractivity (Wildman–Crippen MR) is 147 cm³/mol. The lowest BCUT2D eigenvalue weighted by atomic mass is 9.97. The number of rotatable bonds is 5. The number of thiophene rings is 1. The first-order chi connectivity index (χ1) is 16.8. The van der Waals surface area contributed by atoms with Gasteiger partial charge in [-0.2, -0.15) is 0 Å². The number of amides is 1. The maximum atomic E-state index is 13.9. The van der Waals surface area contributed by atoms with Gasteiger partial charge in [-0.1, -0.05) is 23.9 Å². The Balaban J connectivity index is 1.54. The molecule has 2 heterocycles. The first-order valence-electron chi connectivity index (χ1n) is 12.0. The SMILES string of the molecule is Cc1cc(C)cc(NC(=O)CSc2nc3sc4c(c3c(=O)n2-c2cc(C)cc(C)c2)CCCC4)c1. The molecule has 0 unspecified atom stereocenters. The van der Waals surface area contributed by atoms with E-state index in [1.54, 1.807) is 15.9 Å². The van der Waals surface area contributed by atoms with Crippen LogP contribution in [0.15, 0.2) is 46.3 Å². The van der Waals surface area contributed by atoms with E-state index in [2.05, 4.69) is 17.4 Å². The number of carbonyl (C=O) groups is 1. The van der Waals surface area contributed by atoms with Gasteiger partial charge in [-0.05, 0) is 105 Å². The van der Waals surface area contributed by atoms with Crippen LogP contribution in [-0.2, 0) is 17.6 Å². The fourth-order valence-electron chi connectivity index (χ4n) is 4.96. The Bertz CT molecular complexity index is 1480. The minimum atomic E-state index is -0.119. The average Bonchev–Trinajstić information content (AvgIpc) is 3.15. The highest BCUT2D eigenvalue weighted by molar-refractivity contribution is 7.99. The molecular formula is C28H29N3O2S2. The molecule has 0 radical (unpaired) electrons. The molecule has 7 heteroatoms. The molecule has 0 saturated heterocycles. The van der Waals surface area contributed by atoms with Gasteiger partial charge in [0.15, 0.2) is 5.16 Å². The highest BCUT2D eigenvalue weighted by Crippen LogP contribution is 2.35. The Kier molecular flexibility index (Phi) is 6.55. The summed E-state index contributed by atoms with van der Waals surface area (Å²) in [6.45, 7) is 8.09. The summed E-state index contributed by atoms with van der Waals surface area (Å²) < 4.78 is 1.71. The predicted octanol–water partition coefficient (Wildman–Crippen LogP) is 6.29. The molecule has 1 aliphatic rings. The van der Waals surface area contributed by atoms with E-state index in [9.17, 15) is 9.59 Å². The summed E-state index contributed by atoms with van der Waals surface area (Å²) >= 11 is 2.95. The van der Waals surface area contributed by atoms with E-state index < -0.39 is 0 Å². The fraction of sp³-hybridized carbons (Fsp3) is 0.321. The molecule has 1 amide bonds. The van der Waals surface area contributed by atoms with Gasteiger partial charge in [0.2, 0.25) is 5.91 Å². The number of thioether (sulfide) groups is 1. The number of hydrogen-bond donors (Lipinski definition) is 1. The Hall–Kier alpha value is -2.90. The van der Waals surface area contributed by atoms with Gasteiger partial charge < -0.3 is 5.32 Å². The smallest absolute Gasteiger partial charge is 0.267 e. The van der Waals surface area contributed by atoms with E-state index in [-0.39, 0.29) is 17.2 Å². The van der Waals surface area contributed by atoms with Crippen molar-refractivity contribution >= 4 is 44.9 Å². The largest absolute Gasteiger partial charge is 0.325 e. The summed E-state index contributed by atoms with van der Waals surface area (Å²) in [6, 6.07) is 12.1. The van der Waals surface area contributed by atoms with Crippen LogP contribution in [0.3, 0.4) is 0 Å². The van der Waals surface area contributed by atoms with E-state index in [1.165, 1.54) is 22.2 Å². The second-order valence-corrected chi connectivity index (χ2v) is 11.5. The number of carbonyl (C=O) groups excluding carboxylic acids is 1. The van der Waals surface area contributed by atoms with Crippen LogP contribution in [0.2, 0.25) is 0 Å². The van der Waals surface area contributed by atoms with Gasteiger partial charge >= 0.3 is 0 Å². The number of aryl methyl sites for hydroxylation is 6. The molecule has 5 nitrogen and oxygen atoms in total. The van der Waals surface area contributed by atoms with Crippen LogP contribution in [0.4, 0.5) is 5.69 Å². The Labute approximate surface area is 213 Å². The normalized spacial score (nSPS) is 13.1. The van der Waals surface area contributed by atoms with Crippen molar-refractivity contribution in [1.29, 1.82) is 0 Å². The lowest BCUT2D eigenvalue weighted by Crippen LogP contribution is -2.23. The molecule has 0 fully saturated rings. The Morgan fingerprint density at radius 1 is 0.971 bits per heavy atom. The van der Waals surface area contributed by atoms with Crippen LogP contribution in [0.25, 0.3) is 15.9 Å². The van der Waals surface area contributed by atoms with Gasteiger partial charge in [0, 0.05) is 10.6 Å². The highest BCUT2D eigenvalue weighted by atomic mass is 32.2. The van der Waals surface area contributed by atoms with E-state index in [4.69, 9.17) is 4.98 Å². The van der Waals surface area contributed by atoms with Crippen LogP contribution in [-0.4, -0.2) is 21.2 Å². The maximum absolute atomic E-state index is 13.9. The van der Waals surface area contributed by atoms with Crippen LogP contribution in [0.5, 0.6) is 0 Å². The first-order valence-corrected chi connectivity index (χ1v) is 13.8. The van der Waals surface area contributed by atoms with Gasteiger partial charge in [-0.25, -0.2) is 4.98 Å². The van der Waals surface area contributed by atoms with Gasteiger partial charge in [0.25, 0.3) is 5.56 Å². The number of benzene rings is 2. The molecule has 0 atom stereocenters. The van der Waals surface area contributed by atoms with Crippen LogP contribution in [0.1, 0.15) is 45.5 Å². The molecule has 5 rings (SSSR count). The third-order valence-corrected chi connectivity index (χ3v) is 8.38. The topological polar surface area (TPSA) is 64.0 Å². The summed E-state index contributed by atoms with van der Waals surface area (Å²) in [5.74, 6) is 0.0488. The number of nitrogens with one attached hydrogen (secondary N) is 1. The third-order valence-electron chi connectivity index (χ3n) is 6.26. The van der Waals surface area contributed by atoms with Crippen molar-refractivity contribution in [1.82, 2.24) is 9.55 Å². The van der Waals surface area contributed by atoms with E-state index in [1.807, 2.05) is 52.0 Å². The quantitative estimate of drug-likeness (QED) is 0.257. The molecule has 1 aliphatic carbocycles. The van der Waals surface area contributed by atoms with E-state index in [0.717, 1.165) is 69.5 Å². The second-order valence-electron chi connectivity index (χ2n) is 9.49. The number of fused-ring (bicyclic) bond motifs is 3. The summed E-state index contributed by atoms with van der Waals surface area (Å²) in [7, 11) is 0. The molecule has 4 aromatic rings. The van der Waals surface area contributed by atoms with Crippen LogP contribution < -0.4 is 10.9 Å². The van der Waals surface area contributed by atoms with Gasteiger partial charge in [-0.3, -0.25) is 14.2 Å². The minimum Gasteiger partial charge on any atom is -0.325 e. The average molecular weight is 504 g/mol. The van der Waals surface area contributed by atoms with Crippen molar-refractivity contribution in [2.75, 3.05) is 11.1 Å². The standard InChI is InChI=1S/C28H29N3O2S2/c1-16-9-17(2)12-20(11-16)29-24(32)15-34-28-30-26-25(22-7-5-6-8-23(22)35-26)27(33)31(28)21-13-18(3)10-19(4)14-21/h9-14H,5-8,15H2,1-4H3,(H,29,32). The zero-order valence-electron chi connectivity index (χ0n) is 20.5. The summed E-state index contributed by atoms with van der Waals surface area (Å²) in [4.78, 5) is 33.8. The minimum absolute atomic E-state index is 0.0309. The van der Waals surface area contributed by atoms with E-state index >= 15 is 0 Å². The van der Waals surface area contributed by atoms with Crippen molar-refractivity contribution < 1.29 is 4.79 Å². The van der Waals surface area contributed by atoms with Crippen molar-refractivity contribution in [2.24, 2.45) is 0 Å². The second kappa shape index (κ2) is 9.63. The van der Waals surface area contributed by atoms with Crippen LogP contribution in [0, 0.1) is 27.7 Å². The Morgan fingerprint density at radius 2 is 1.60 bits per heavy atom. The molecule has 0 spiro atoms. The fourth-order valence-corrected chi connectivity index (χ4v) is 7.08. The molecule has 2 aromatic carbocycles. The zero-order chi connectivity index (χ0) is 24.7. The summed E-state index contributed by atoms with van der Waals surface area (Å²) in [5, 5.41) is 4.30. The van der Waals surface area contributed by atoms with Gasteiger partial charge in [0.1, 0.15) is 4.83 Å². The summed E-state index contributed by atoms with van der Waals surface area (Å²) in [6.07, 6.45) is 4.21. The lowest BCUT2D eigenvalue weighted by molar-refractivity contribution is -0.113. The molecule has 35 heavy (non-hydrogen) atoms. The monoisotopic (exact) mass is 503 g/mol. The van der Waals surface area contributed by atoms with E-state index in [0.29, 0.717) is 5.16 Å².